The molecule has 0 aliphatic carbocycles. The van der Waals surface area contributed by atoms with Crippen molar-refractivity contribution in [3.63, 3.8) is 0 Å². The highest BCUT2D eigenvalue weighted by Gasteiger charge is 2.13. The van der Waals surface area contributed by atoms with Crippen molar-refractivity contribution in [2.24, 2.45) is 5.92 Å². The number of terminal acetylenes is 1. The van der Waals surface area contributed by atoms with Crippen LogP contribution in [0.15, 0.2) is 0 Å². The summed E-state index contributed by atoms with van der Waals surface area (Å²) in [5.41, 5.74) is 0. The Morgan fingerprint density at radius 2 is 2.09 bits per heavy atom. The van der Waals surface area contributed by atoms with Gasteiger partial charge in [0.1, 0.15) is 6.10 Å². The van der Waals surface area contributed by atoms with Crippen LogP contribution in [0.5, 0.6) is 0 Å². The van der Waals surface area contributed by atoms with E-state index in [0.717, 1.165) is 19.3 Å². The average Bonchev–Trinajstić information content (AvgIpc) is 2.05. The molecule has 0 rings (SSSR count). The van der Waals surface area contributed by atoms with E-state index < -0.39 is 6.10 Å². The largest absolute Gasteiger partial charge is 0.380 e. The molecule has 0 bridgehead atoms. The van der Waals surface area contributed by atoms with Gasteiger partial charge in [-0.3, -0.25) is 0 Å². The Bertz CT molecular complexity index is 123. The Hall–Kier alpha value is -0.480. The number of unbranched alkanes of at least 4 members (excludes halogenated alkanes) is 1. The zero-order valence-electron chi connectivity index (χ0n) is 7.51. The molecule has 0 amide bonds. The third kappa shape index (κ3) is 4.06. The van der Waals surface area contributed by atoms with Crippen molar-refractivity contribution in [3.05, 3.63) is 0 Å². The van der Waals surface area contributed by atoms with Gasteiger partial charge in [0, 0.05) is 0 Å². The Labute approximate surface area is 69.8 Å². The van der Waals surface area contributed by atoms with Gasteiger partial charge in [-0.15, -0.1) is 6.42 Å². The van der Waals surface area contributed by atoms with Crippen molar-refractivity contribution in [3.8, 4) is 12.3 Å². The fraction of sp³-hybridized carbons (Fsp3) is 0.800. The molecule has 0 heterocycles. The molecule has 0 aliphatic heterocycles. The molecule has 2 atom stereocenters. The van der Waals surface area contributed by atoms with Gasteiger partial charge in [-0.25, -0.2) is 0 Å². The summed E-state index contributed by atoms with van der Waals surface area (Å²) in [5, 5.41) is 9.31. The predicted octanol–water partition coefficient (Wildman–Crippen LogP) is 2.20. The summed E-state index contributed by atoms with van der Waals surface area (Å²) in [5.74, 6) is 2.69. The molecule has 0 radical (unpaired) electrons. The smallest absolute Gasteiger partial charge is 0.117 e. The van der Waals surface area contributed by atoms with Crippen LogP contribution in [0.25, 0.3) is 0 Å². The molecule has 0 aromatic rings. The number of aliphatic hydroxyl groups excluding tert-OH is 1. The van der Waals surface area contributed by atoms with E-state index in [1.807, 2.05) is 0 Å². The molecule has 1 N–H and O–H groups in total. The van der Waals surface area contributed by atoms with Crippen molar-refractivity contribution in [2.45, 2.75) is 45.6 Å². The van der Waals surface area contributed by atoms with E-state index >= 15 is 0 Å². The lowest BCUT2D eigenvalue weighted by molar-refractivity contribution is 0.150. The van der Waals surface area contributed by atoms with Crippen LogP contribution in [-0.4, -0.2) is 11.2 Å². The molecule has 0 unspecified atom stereocenters. The van der Waals surface area contributed by atoms with Crippen LogP contribution < -0.4 is 0 Å². The van der Waals surface area contributed by atoms with Crippen molar-refractivity contribution in [1.29, 1.82) is 0 Å². The fourth-order valence-electron chi connectivity index (χ4n) is 1.19. The van der Waals surface area contributed by atoms with E-state index in [1.165, 1.54) is 6.42 Å². The van der Waals surface area contributed by atoms with E-state index in [4.69, 9.17) is 6.42 Å². The van der Waals surface area contributed by atoms with E-state index in [-0.39, 0.29) is 0 Å². The van der Waals surface area contributed by atoms with Crippen molar-refractivity contribution in [1.82, 2.24) is 0 Å². The molecular formula is C10H18O. The zero-order chi connectivity index (χ0) is 8.69. The molecule has 0 fully saturated rings. The molecule has 11 heavy (non-hydrogen) atoms. The van der Waals surface area contributed by atoms with E-state index in [9.17, 15) is 5.11 Å². The first-order valence-corrected chi connectivity index (χ1v) is 4.40. The molecule has 1 nitrogen and oxygen atoms in total. The van der Waals surface area contributed by atoms with Crippen molar-refractivity contribution < 1.29 is 5.11 Å². The molecule has 0 spiro atoms. The zero-order valence-corrected chi connectivity index (χ0v) is 7.51. The monoisotopic (exact) mass is 154 g/mol. The van der Waals surface area contributed by atoms with Gasteiger partial charge in [-0.05, 0) is 18.8 Å². The molecule has 0 saturated carbocycles. The molecule has 0 aromatic heterocycles. The maximum Gasteiger partial charge on any atom is 0.117 e. The Kier molecular flexibility index (Phi) is 5.97. The van der Waals surface area contributed by atoms with Gasteiger partial charge in [-0.1, -0.05) is 32.6 Å². The lowest BCUT2D eigenvalue weighted by atomic mass is 9.94. The first-order valence-electron chi connectivity index (χ1n) is 4.40. The van der Waals surface area contributed by atoms with Gasteiger partial charge in [0.05, 0.1) is 0 Å². The Morgan fingerprint density at radius 1 is 1.45 bits per heavy atom. The molecule has 1 heteroatoms. The number of rotatable bonds is 5. The van der Waals surface area contributed by atoms with Crippen LogP contribution in [0, 0.1) is 18.3 Å². The first kappa shape index (κ1) is 10.5. The maximum atomic E-state index is 9.31. The second-order valence-corrected chi connectivity index (χ2v) is 2.92. The van der Waals surface area contributed by atoms with E-state index in [2.05, 4.69) is 19.8 Å². The van der Waals surface area contributed by atoms with Crippen molar-refractivity contribution in [2.75, 3.05) is 0 Å². The van der Waals surface area contributed by atoms with Crippen LogP contribution >= 0.6 is 0 Å². The third-order valence-corrected chi connectivity index (χ3v) is 2.07. The van der Waals surface area contributed by atoms with Gasteiger partial charge in [0.15, 0.2) is 0 Å². The minimum absolute atomic E-state index is 0.306. The molecule has 0 aliphatic rings. The van der Waals surface area contributed by atoms with Gasteiger partial charge in [0.2, 0.25) is 0 Å². The van der Waals surface area contributed by atoms with Crippen LogP contribution in [-0.2, 0) is 0 Å². The topological polar surface area (TPSA) is 20.2 Å². The summed E-state index contributed by atoms with van der Waals surface area (Å²) in [6, 6.07) is 0. The van der Waals surface area contributed by atoms with Gasteiger partial charge in [0.25, 0.3) is 0 Å². The van der Waals surface area contributed by atoms with E-state index in [0.29, 0.717) is 5.92 Å². The SMILES string of the molecule is C#C[C@H](O)[C@H](CC)CCCC. The van der Waals surface area contributed by atoms with Gasteiger partial charge >= 0.3 is 0 Å². The van der Waals surface area contributed by atoms with Crippen LogP contribution in [0.2, 0.25) is 0 Å². The summed E-state index contributed by atoms with van der Waals surface area (Å²) < 4.78 is 0. The normalized spacial score (nSPS) is 15.5. The van der Waals surface area contributed by atoms with Gasteiger partial charge in [-0.2, -0.15) is 0 Å². The lowest BCUT2D eigenvalue weighted by Crippen LogP contribution is -2.17. The van der Waals surface area contributed by atoms with Crippen molar-refractivity contribution >= 4 is 0 Å². The highest BCUT2D eigenvalue weighted by Crippen LogP contribution is 2.16. The maximum absolute atomic E-state index is 9.31. The number of hydrogen-bond acceptors (Lipinski definition) is 1. The minimum atomic E-state index is -0.536. The quantitative estimate of drug-likeness (QED) is 0.602. The fourth-order valence-corrected chi connectivity index (χ4v) is 1.19. The summed E-state index contributed by atoms with van der Waals surface area (Å²) >= 11 is 0. The lowest BCUT2D eigenvalue weighted by Gasteiger charge is -2.15. The second-order valence-electron chi connectivity index (χ2n) is 2.92. The molecule has 0 aromatic carbocycles. The highest BCUT2D eigenvalue weighted by atomic mass is 16.3. The first-order chi connectivity index (χ1) is 5.26. The predicted molar refractivity (Wildman–Crippen MR) is 48.1 cm³/mol. The second kappa shape index (κ2) is 6.24. The number of aliphatic hydroxyl groups is 1. The summed E-state index contributed by atoms with van der Waals surface area (Å²) in [7, 11) is 0. The van der Waals surface area contributed by atoms with E-state index in [1.54, 1.807) is 0 Å². The number of hydrogen-bond donors (Lipinski definition) is 1. The van der Waals surface area contributed by atoms with Crippen LogP contribution in [0.4, 0.5) is 0 Å². The standard InChI is InChI=1S/C10H18O/c1-4-7-8-9(5-2)10(11)6-3/h3,9-11H,4-5,7-8H2,1-2H3/t9-,10+/m1/s1. The summed E-state index contributed by atoms with van der Waals surface area (Å²) in [4.78, 5) is 0. The molecular weight excluding hydrogens is 136 g/mol. The molecule has 0 saturated heterocycles. The van der Waals surface area contributed by atoms with Crippen LogP contribution in [0.3, 0.4) is 0 Å². The van der Waals surface area contributed by atoms with Crippen LogP contribution in [0.1, 0.15) is 39.5 Å². The summed E-state index contributed by atoms with van der Waals surface area (Å²) in [6.07, 6.45) is 8.95. The summed E-state index contributed by atoms with van der Waals surface area (Å²) in [6.45, 7) is 4.22. The molecule has 64 valence electrons. The average molecular weight is 154 g/mol. The van der Waals surface area contributed by atoms with Gasteiger partial charge < -0.3 is 5.11 Å². The third-order valence-electron chi connectivity index (χ3n) is 2.07. The highest BCUT2D eigenvalue weighted by molar-refractivity contribution is 4.96. The minimum Gasteiger partial charge on any atom is -0.380 e. The Balaban J connectivity index is 3.67. The Morgan fingerprint density at radius 3 is 2.45 bits per heavy atom.